The summed E-state index contributed by atoms with van der Waals surface area (Å²) in [5.41, 5.74) is 2.09. The third-order valence-corrected chi connectivity index (χ3v) is 5.84. The van der Waals surface area contributed by atoms with Crippen molar-refractivity contribution < 1.29 is 14.3 Å². The number of amides is 2. The Hall–Kier alpha value is -3.12. The number of halogens is 1. The molecular formula is C24H24ClN3O3. The van der Waals surface area contributed by atoms with Crippen molar-refractivity contribution in [2.24, 2.45) is 0 Å². The van der Waals surface area contributed by atoms with Gasteiger partial charge < -0.3 is 15.0 Å². The van der Waals surface area contributed by atoms with Crippen molar-refractivity contribution >= 4 is 34.3 Å². The molecule has 0 radical (unpaired) electrons. The van der Waals surface area contributed by atoms with Crippen LogP contribution in [0.25, 0.3) is 10.9 Å². The minimum atomic E-state index is -0.167. The van der Waals surface area contributed by atoms with Gasteiger partial charge in [-0.05, 0) is 31.0 Å². The van der Waals surface area contributed by atoms with Crippen molar-refractivity contribution in [2.75, 3.05) is 20.2 Å². The van der Waals surface area contributed by atoms with Crippen molar-refractivity contribution in [1.82, 2.24) is 15.2 Å². The Morgan fingerprint density at radius 2 is 1.84 bits per heavy atom. The minimum Gasteiger partial charge on any atom is -0.496 e. The number of para-hydroxylation sites is 2. The van der Waals surface area contributed by atoms with Gasteiger partial charge in [0.15, 0.2) is 0 Å². The molecule has 3 aromatic rings. The van der Waals surface area contributed by atoms with E-state index >= 15 is 0 Å². The van der Waals surface area contributed by atoms with Crippen LogP contribution in [0.5, 0.6) is 5.75 Å². The number of likely N-dealkylation sites (tertiary alicyclic amines) is 1. The SMILES string of the molecule is COc1ccccc1CC(=O)N1CCC(NC(=O)c2cc(Cl)nc3ccccc23)CC1. The molecule has 0 unspecified atom stereocenters. The molecule has 0 aliphatic carbocycles. The van der Waals surface area contributed by atoms with Crippen LogP contribution in [0.1, 0.15) is 28.8 Å². The third kappa shape index (κ3) is 4.80. The predicted molar refractivity (Wildman–Crippen MR) is 121 cm³/mol. The summed E-state index contributed by atoms with van der Waals surface area (Å²) in [5.74, 6) is 0.627. The van der Waals surface area contributed by atoms with Crippen molar-refractivity contribution in [2.45, 2.75) is 25.3 Å². The zero-order chi connectivity index (χ0) is 21.8. The first kappa shape index (κ1) is 21.1. The number of ether oxygens (including phenoxy) is 1. The van der Waals surface area contributed by atoms with Gasteiger partial charge >= 0.3 is 0 Å². The normalized spacial score (nSPS) is 14.5. The second-order valence-electron chi connectivity index (χ2n) is 7.63. The van der Waals surface area contributed by atoms with Gasteiger partial charge in [-0.2, -0.15) is 0 Å². The number of nitrogens with one attached hydrogen (secondary N) is 1. The number of carbonyl (C=O) groups is 2. The first-order valence-electron chi connectivity index (χ1n) is 10.3. The molecule has 2 amide bonds. The molecule has 2 aromatic carbocycles. The van der Waals surface area contributed by atoms with Crippen LogP contribution in [-0.4, -0.2) is 47.9 Å². The van der Waals surface area contributed by atoms with Crippen molar-refractivity contribution in [3.05, 3.63) is 70.9 Å². The van der Waals surface area contributed by atoms with E-state index in [0.717, 1.165) is 16.7 Å². The fraction of sp³-hybridized carbons (Fsp3) is 0.292. The minimum absolute atomic E-state index is 0.00788. The molecule has 0 atom stereocenters. The highest BCUT2D eigenvalue weighted by Crippen LogP contribution is 2.22. The summed E-state index contributed by atoms with van der Waals surface area (Å²) in [5, 5.41) is 4.16. The Bertz CT molecular complexity index is 1110. The molecule has 1 aliphatic rings. The van der Waals surface area contributed by atoms with Gasteiger partial charge in [-0.1, -0.05) is 48.0 Å². The molecule has 1 aliphatic heterocycles. The highest BCUT2D eigenvalue weighted by atomic mass is 35.5. The second-order valence-corrected chi connectivity index (χ2v) is 8.01. The number of fused-ring (bicyclic) bond motifs is 1. The number of carbonyl (C=O) groups excluding carboxylic acids is 2. The van der Waals surface area contributed by atoms with Crippen LogP contribution in [0.15, 0.2) is 54.6 Å². The Balaban J connectivity index is 1.36. The summed E-state index contributed by atoms with van der Waals surface area (Å²) in [6.45, 7) is 1.22. The van der Waals surface area contributed by atoms with Crippen LogP contribution in [0.4, 0.5) is 0 Å². The molecule has 160 valence electrons. The van der Waals surface area contributed by atoms with Crippen molar-refractivity contribution in [3.8, 4) is 5.75 Å². The fourth-order valence-corrected chi connectivity index (χ4v) is 4.19. The topological polar surface area (TPSA) is 71.5 Å². The van der Waals surface area contributed by atoms with Crippen LogP contribution in [0, 0.1) is 0 Å². The number of rotatable bonds is 5. The maximum absolute atomic E-state index is 12.9. The zero-order valence-electron chi connectivity index (χ0n) is 17.3. The van der Waals surface area contributed by atoms with Crippen molar-refractivity contribution in [1.29, 1.82) is 0 Å². The van der Waals surface area contributed by atoms with Crippen LogP contribution in [0.2, 0.25) is 5.15 Å². The van der Waals surface area contributed by atoms with E-state index in [1.165, 1.54) is 0 Å². The molecule has 1 saturated heterocycles. The van der Waals surface area contributed by atoms with Gasteiger partial charge in [0.05, 0.1) is 24.6 Å². The fourth-order valence-electron chi connectivity index (χ4n) is 3.99. The molecular weight excluding hydrogens is 414 g/mol. The molecule has 7 heteroatoms. The molecule has 0 saturated carbocycles. The summed E-state index contributed by atoms with van der Waals surface area (Å²) in [6.07, 6.45) is 1.73. The lowest BCUT2D eigenvalue weighted by Gasteiger charge is -2.32. The smallest absolute Gasteiger partial charge is 0.252 e. The van der Waals surface area contributed by atoms with E-state index in [2.05, 4.69) is 10.3 Å². The van der Waals surface area contributed by atoms with E-state index in [1.54, 1.807) is 13.2 Å². The van der Waals surface area contributed by atoms with Gasteiger partial charge in [0.2, 0.25) is 5.91 Å². The van der Waals surface area contributed by atoms with Crippen LogP contribution < -0.4 is 10.1 Å². The summed E-state index contributed by atoms with van der Waals surface area (Å²) in [6, 6.07) is 16.6. The predicted octanol–water partition coefficient (Wildman–Crippen LogP) is 3.86. The summed E-state index contributed by atoms with van der Waals surface area (Å²) in [4.78, 5) is 31.8. The molecule has 1 fully saturated rings. The lowest BCUT2D eigenvalue weighted by Crippen LogP contribution is -2.47. The van der Waals surface area contributed by atoms with E-state index in [4.69, 9.17) is 16.3 Å². The summed E-state index contributed by atoms with van der Waals surface area (Å²) >= 11 is 6.11. The van der Waals surface area contributed by atoms with E-state index in [-0.39, 0.29) is 17.9 Å². The van der Waals surface area contributed by atoms with Gasteiger partial charge in [-0.3, -0.25) is 9.59 Å². The van der Waals surface area contributed by atoms with Gasteiger partial charge in [-0.25, -0.2) is 4.98 Å². The van der Waals surface area contributed by atoms with E-state index in [0.29, 0.717) is 48.6 Å². The summed E-state index contributed by atoms with van der Waals surface area (Å²) < 4.78 is 5.34. The maximum atomic E-state index is 12.9. The Labute approximate surface area is 186 Å². The number of benzene rings is 2. The van der Waals surface area contributed by atoms with Crippen LogP contribution >= 0.6 is 11.6 Å². The van der Waals surface area contributed by atoms with Gasteiger partial charge in [0.1, 0.15) is 10.9 Å². The number of hydrogen-bond donors (Lipinski definition) is 1. The first-order valence-corrected chi connectivity index (χ1v) is 10.7. The molecule has 1 N–H and O–H groups in total. The van der Waals surface area contributed by atoms with E-state index < -0.39 is 0 Å². The van der Waals surface area contributed by atoms with Crippen LogP contribution in [-0.2, 0) is 11.2 Å². The first-order chi connectivity index (χ1) is 15.0. The zero-order valence-corrected chi connectivity index (χ0v) is 18.1. The average Bonchev–Trinajstić information content (AvgIpc) is 2.79. The number of nitrogens with zero attached hydrogens (tertiary/aromatic N) is 2. The number of piperidine rings is 1. The monoisotopic (exact) mass is 437 g/mol. The lowest BCUT2D eigenvalue weighted by molar-refractivity contribution is -0.131. The quantitative estimate of drug-likeness (QED) is 0.615. The average molecular weight is 438 g/mol. The Morgan fingerprint density at radius 3 is 2.61 bits per heavy atom. The largest absolute Gasteiger partial charge is 0.496 e. The lowest BCUT2D eigenvalue weighted by atomic mass is 10.0. The number of pyridine rings is 1. The maximum Gasteiger partial charge on any atom is 0.252 e. The molecule has 0 bridgehead atoms. The standard InChI is InChI=1S/C24H24ClN3O3/c1-31-21-9-5-2-6-16(21)14-23(29)28-12-10-17(11-13-28)26-24(30)19-15-22(25)27-20-8-4-3-7-18(19)20/h2-9,15,17H,10-14H2,1H3,(H,26,30). The molecule has 0 spiro atoms. The Kier molecular flexibility index (Phi) is 6.37. The molecule has 6 nitrogen and oxygen atoms in total. The molecule has 31 heavy (non-hydrogen) atoms. The van der Waals surface area contributed by atoms with Crippen molar-refractivity contribution in [3.63, 3.8) is 0 Å². The van der Waals surface area contributed by atoms with Gasteiger partial charge in [0, 0.05) is 30.1 Å². The highest BCUT2D eigenvalue weighted by Gasteiger charge is 2.25. The molecule has 4 rings (SSSR count). The Morgan fingerprint density at radius 1 is 1.13 bits per heavy atom. The van der Waals surface area contributed by atoms with Gasteiger partial charge in [0.25, 0.3) is 5.91 Å². The number of aromatic nitrogens is 1. The number of methoxy groups -OCH3 is 1. The third-order valence-electron chi connectivity index (χ3n) is 5.65. The number of hydrogen-bond acceptors (Lipinski definition) is 4. The second kappa shape index (κ2) is 9.35. The van der Waals surface area contributed by atoms with Crippen LogP contribution in [0.3, 0.4) is 0 Å². The van der Waals surface area contributed by atoms with Gasteiger partial charge in [-0.15, -0.1) is 0 Å². The molecule has 2 heterocycles. The van der Waals surface area contributed by atoms with E-state index in [9.17, 15) is 9.59 Å². The van der Waals surface area contributed by atoms with E-state index in [1.807, 2.05) is 53.4 Å². The summed E-state index contributed by atoms with van der Waals surface area (Å²) in [7, 11) is 1.61. The highest BCUT2D eigenvalue weighted by molar-refractivity contribution is 6.30. The molecule has 1 aromatic heterocycles.